The predicted octanol–water partition coefficient (Wildman–Crippen LogP) is 5.77. The second kappa shape index (κ2) is 7.62. The van der Waals surface area contributed by atoms with Crippen molar-refractivity contribution in [3.05, 3.63) is 83.2 Å². The smallest absolute Gasteiger partial charge is 0.267 e. The molecule has 0 spiro atoms. The minimum Gasteiger partial charge on any atom is -0.356 e. The van der Waals surface area contributed by atoms with Crippen LogP contribution in [-0.2, 0) is 6.54 Å². The molecule has 5 aromatic rings. The molecule has 0 saturated carbocycles. The van der Waals surface area contributed by atoms with Crippen molar-refractivity contribution in [3.63, 3.8) is 0 Å². The fourth-order valence-corrected chi connectivity index (χ4v) is 4.81. The van der Waals surface area contributed by atoms with Gasteiger partial charge in [-0.15, -0.1) is 21.5 Å². The fraction of sp³-hybridized carbons (Fsp3) is 0.0455. The Morgan fingerprint density at radius 3 is 2.48 bits per heavy atom. The van der Waals surface area contributed by atoms with Gasteiger partial charge >= 0.3 is 0 Å². The van der Waals surface area contributed by atoms with Gasteiger partial charge < -0.3 is 5.32 Å². The Labute approximate surface area is 175 Å². The van der Waals surface area contributed by atoms with Crippen LogP contribution in [0.3, 0.4) is 0 Å². The molecule has 2 N–H and O–H groups in total. The van der Waals surface area contributed by atoms with E-state index in [1.54, 1.807) is 0 Å². The van der Waals surface area contributed by atoms with Gasteiger partial charge in [-0.2, -0.15) is 0 Å². The molecule has 142 valence electrons. The van der Waals surface area contributed by atoms with Gasteiger partial charge in [-0.25, -0.2) is 0 Å². The largest absolute Gasteiger partial charge is 0.356 e. The summed E-state index contributed by atoms with van der Waals surface area (Å²) in [6.07, 6.45) is 0. The van der Waals surface area contributed by atoms with Gasteiger partial charge in [-0.1, -0.05) is 72.0 Å². The lowest BCUT2D eigenvalue weighted by Gasteiger charge is -2.06. The van der Waals surface area contributed by atoms with Gasteiger partial charge in [0.05, 0.1) is 4.88 Å². The van der Waals surface area contributed by atoms with Gasteiger partial charge in [0, 0.05) is 11.2 Å². The van der Waals surface area contributed by atoms with E-state index in [0.717, 1.165) is 10.1 Å². The summed E-state index contributed by atoms with van der Waals surface area (Å²) in [6.45, 7) is 0.639. The van der Waals surface area contributed by atoms with Crippen molar-refractivity contribution in [3.8, 4) is 0 Å². The highest BCUT2D eigenvalue weighted by atomic mass is 32.1. The second-order valence-corrected chi connectivity index (χ2v) is 8.57. The van der Waals surface area contributed by atoms with E-state index in [1.807, 2.05) is 42.5 Å². The number of anilines is 2. The summed E-state index contributed by atoms with van der Waals surface area (Å²) >= 11 is 2.80. The molecule has 29 heavy (non-hydrogen) atoms. The third kappa shape index (κ3) is 3.70. The molecule has 0 atom stereocenters. The van der Waals surface area contributed by atoms with Gasteiger partial charge in [0.15, 0.2) is 0 Å². The van der Waals surface area contributed by atoms with Gasteiger partial charge in [0.1, 0.15) is 0 Å². The number of amides is 1. The van der Waals surface area contributed by atoms with E-state index in [2.05, 4.69) is 51.2 Å². The number of benzene rings is 3. The quantitative estimate of drug-likeness (QED) is 0.382. The molecule has 0 saturated heterocycles. The van der Waals surface area contributed by atoms with Crippen LogP contribution in [0.1, 0.15) is 15.2 Å². The Hall–Kier alpha value is -3.29. The molecule has 1 amide bonds. The molecule has 3 aromatic carbocycles. The second-order valence-electron chi connectivity index (χ2n) is 6.51. The van der Waals surface area contributed by atoms with E-state index in [1.165, 1.54) is 39.0 Å². The molecule has 0 fully saturated rings. The van der Waals surface area contributed by atoms with Crippen LogP contribution in [0, 0.1) is 0 Å². The van der Waals surface area contributed by atoms with E-state index >= 15 is 0 Å². The molecule has 2 aromatic heterocycles. The van der Waals surface area contributed by atoms with Crippen LogP contribution in [0.2, 0.25) is 0 Å². The summed E-state index contributed by atoms with van der Waals surface area (Å²) in [7, 11) is 0. The molecule has 0 aliphatic carbocycles. The number of hydrogen-bond acceptors (Lipinski definition) is 6. The highest BCUT2D eigenvalue weighted by Crippen LogP contribution is 2.27. The summed E-state index contributed by atoms with van der Waals surface area (Å²) in [5.74, 6) is -0.164. The maximum absolute atomic E-state index is 12.5. The number of nitrogens with one attached hydrogen (secondary N) is 2. The Bertz CT molecular complexity index is 1290. The van der Waals surface area contributed by atoms with Crippen LogP contribution >= 0.6 is 22.7 Å². The van der Waals surface area contributed by atoms with Crippen LogP contribution < -0.4 is 10.6 Å². The minimum atomic E-state index is -0.164. The first-order valence-electron chi connectivity index (χ1n) is 9.10. The van der Waals surface area contributed by atoms with Crippen LogP contribution in [0.4, 0.5) is 10.3 Å². The van der Waals surface area contributed by atoms with Crippen LogP contribution in [0.15, 0.2) is 72.8 Å². The first kappa shape index (κ1) is 17.8. The van der Waals surface area contributed by atoms with Crippen molar-refractivity contribution in [1.29, 1.82) is 0 Å². The lowest BCUT2D eigenvalue weighted by atomic mass is 10.0. The number of nitrogens with zero attached hydrogens (tertiary/aromatic N) is 2. The normalized spacial score (nSPS) is 11.0. The van der Waals surface area contributed by atoms with E-state index in [4.69, 9.17) is 0 Å². The first-order valence-corrected chi connectivity index (χ1v) is 10.7. The number of carbonyl (C=O) groups excluding carboxylic acids is 1. The number of aromatic nitrogens is 2. The molecular formula is C22H16N4OS2. The fourth-order valence-electron chi connectivity index (χ4n) is 3.22. The first-order chi connectivity index (χ1) is 14.3. The van der Waals surface area contributed by atoms with Gasteiger partial charge in [0.2, 0.25) is 10.3 Å². The SMILES string of the molecule is O=C(Nc1nnc(NCc2cccc3ccccc23)s1)c1cc2ccccc2s1. The molecular weight excluding hydrogens is 400 g/mol. The van der Waals surface area contributed by atoms with Crippen LogP contribution in [0.5, 0.6) is 0 Å². The van der Waals surface area contributed by atoms with Crippen molar-refractivity contribution >= 4 is 59.7 Å². The van der Waals surface area contributed by atoms with E-state index in [9.17, 15) is 4.79 Å². The Balaban J connectivity index is 1.27. The molecule has 0 unspecified atom stereocenters. The summed E-state index contributed by atoms with van der Waals surface area (Å²) in [5.41, 5.74) is 1.19. The van der Waals surface area contributed by atoms with E-state index in [-0.39, 0.29) is 5.91 Å². The molecule has 7 heteroatoms. The number of fused-ring (bicyclic) bond motifs is 2. The number of hydrogen-bond donors (Lipinski definition) is 2. The molecule has 0 radical (unpaired) electrons. The summed E-state index contributed by atoms with van der Waals surface area (Å²) in [6, 6.07) is 24.4. The third-order valence-corrected chi connectivity index (χ3v) is 6.52. The highest BCUT2D eigenvalue weighted by Gasteiger charge is 2.13. The van der Waals surface area contributed by atoms with Crippen LogP contribution in [-0.4, -0.2) is 16.1 Å². The average molecular weight is 417 g/mol. The van der Waals surface area contributed by atoms with Gasteiger partial charge in [0.25, 0.3) is 5.91 Å². The molecule has 2 heterocycles. The van der Waals surface area contributed by atoms with Crippen LogP contribution in [0.25, 0.3) is 20.9 Å². The van der Waals surface area contributed by atoms with Gasteiger partial charge in [-0.3, -0.25) is 10.1 Å². The monoisotopic (exact) mass is 416 g/mol. The van der Waals surface area contributed by atoms with Crippen molar-refractivity contribution in [2.45, 2.75) is 6.54 Å². The Morgan fingerprint density at radius 2 is 1.59 bits per heavy atom. The van der Waals surface area contributed by atoms with Crippen molar-refractivity contribution in [2.75, 3.05) is 10.6 Å². The zero-order valence-electron chi connectivity index (χ0n) is 15.3. The number of carbonyl (C=O) groups is 1. The molecule has 0 aliphatic rings. The molecule has 5 nitrogen and oxygen atoms in total. The Kier molecular flexibility index (Phi) is 4.67. The third-order valence-electron chi connectivity index (χ3n) is 4.60. The predicted molar refractivity (Wildman–Crippen MR) is 121 cm³/mol. The molecule has 5 rings (SSSR count). The number of thiophene rings is 1. The minimum absolute atomic E-state index is 0.164. The standard InChI is InChI=1S/C22H16N4OS2/c27-20(19-12-15-7-2-4-11-18(15)28-19)24-22-26-25-21(29-22)23-13-16-9-5-8-14-6-1-3-10-17(14)16/h1-12H,13H2,(H,23,25)(H,24,26,27). The van der Waals surface area contributed by atoms with Crippen molar-refractivity contribution < 1.29 is 4.79 Å². The van der Waals surface area contributed by atoms with Crippen molar-refractivity contribution in [2.24, 2.45) is 0 Å². The number of rotatable bonds is 5. The van der Waals surface area contributed by atoms with Gasteiger partial charge in [-0.05, 0) is 33.9 Å². The average Bonchev–Trinajstić information content (AvgIpc) is 3.39. The maximum Gasteiger partial charge on any atom is 0.267 e. The lowest BCUT2D eigenvalue weighted by Crippen LogP contribution is -2.09. The van der Waals surface area contributed by atoms with Crippen molar-refractivity contribution in [1.82, 2.24) is 10.2 Å². The van der Waals surface area contributed by atoms with E-state index < -0.39 is 0 Å². The summed E-state index contributed by atoms with van der Waals surface area (Å²) in [4.78, 5) is 13.2. The van der Waals surface area contributed by atoms with E-state index in [0.29, 0.717) is 21.7 Å². The maximum atomic E-state index is 12.5. The summed E-state index contributed by atoms with van der Waals surface area (Å²) in [5, 5.41) is 19.0. The molecule has 0 aliphatic heterocycles. The Morgan fingerprint density at radius 1 is 0.828 bits per heavy atom. The zero-order valence-corrected chi connectivity index (χ0v) is 16.9. The molecule has 0 bridgehead atoms. The topological polar surface area (TPSA) is 66.9 Å². The zero-order chi connectivity index (χ0) is 19.6. The lowest BCUT2D eigenvalue weighted by molar-refractivity contribution is 0.103. The highest BCUT2D eigenvalue weighted by molar-refractivity contribution is 7.21. The summed E-state index contributed by atoms with van der Waals surface area (Å²) < 4.78 is 1.09.